The minimum absolute atomic E-state index is 0.346. The lowest BCUT2D eigenvalue weighted by Gasteiger charge is -2.26. The molecule has 0 bridgehead atoms. The zero-order chi connectivity index (χ0) is 13.0. The maximum absolute atomic E-state index is 5.67. The van der Waals surface area contributed by atoms with Gasteiger partial charge in [-0.1, -0.05) is 43.7 Å². The van der Waals surface area contributed by atoms with Crippen LogP contribution in [0.4, 0.5) is 0 Å². The van der Waals surface area contributed by atoms with E-state index in [0.29, 0.717) is 12.1 Å². The zero-order valence-corrected chi connectivity index (χ0v) is 11.7. The molecule has 2 nitrogen and oxygen atoms in total. The molecule has 1 saturated carbocycles. The van der Waals surface area contributed by atoms with E-state index in [9.17, 15) is 0 Å². The molecule has 0 spiro atoms. The maximum atomic E-state index is 5.67. The zero-order valence-electron chi connectivity index (χ0n) is 11.7. The Kier molecular flexibility index (Phi) is 4.79. The first kappa shape index (κ1) is 13.6. The highest BCUT2D eigenvalue weighted by Crippen LogP contribution is 2.50. The van der Waals surface area contributed by atoms with E-state index in [4.69, 9.17) is 4.74 Å². The summed E-state index contributed by atoms with van der Waals surface area (Å²) < 4.78 is 5.67. The van der Waals surface area contributed by atoms with Crippen LogP contribution < -0.4 is 5.32 Å². The number of hydrogen-bond donors (Lipinski definition) is 1. The molecule has 1 fully saturated rings. The van der Waals surface area contributed by atoms with Gasteiger partial charge in [0, 0.05) is 13.2 Å². The number of hydrogen-bond acceptors (Lipinski definition) is 2. The smallest absolute Gasteiger partial charge is 0.0727 e. The van der Waals surface area contributed by atoms with Crippen LogP contribution in [-0.2, 0) is 4.74 Å². The van der Waals surface area contributed by atoms with Crippen LogP contribution in [-0.4, -0.2) is 26.3 Å². The molecule has 18 heavy (non-hydrogen) atoms. The van der Waals surface area contributed by atoms with Gasteiger partial charge in [-0.3, -0.25) is 0 Å². The van der Waals surface area contributed by atoms with E-state index < -0.39 is 0 Å². The molecule has 1 N–H and O–H groups in total. The molecule has 0 saturated heterocycles. The van der Waals surface area contributed by atoms with E-state index in [-0.39, 0.29) is 0 Å². The molecule has 0 amide bonds. The first-order chi connectivity index (χ1) is 8.81. The summed E-state index contributed by atoms with van der Waals surface area (Å²) in [6.45, 7) is 2.22. The molecule has 4 atom stereocenters. The molecule has 100 valence electrons. The second-order valence-electron chi connectivity index (χ2n) is 5.29. The average molecular weight is 247 g/mol. The molecule has 0 aromatic heterocycles. The SMILES string of the molecule is CCCC(OC)C(NC)C1CC1c1ccccc1. The van der Waals surface area contributed by atoms with E-state index in [2.05, 4.69) is 49.6 Å². The fraction of sp³-hybridized carbons (Fsp3) is 0.625. The van der Waals surface area contributed by atoms with Gasteiger partial charge in [0.2, 0.25) is 0 Å². The number of nitrogens with one attached hydrogen (secondary N) is 1. The van der Waals surface area contributed by atoms with Gasteiger partial charge < -0.3 is 10.1 Å². The van der Waals surface area contributed by atoms with Crippen LogP contribution in [0.25, 0.3) is 0 Å². The molecule has 0 heterocycles. The molecular formula is C16H25NO. The Labute approximate surface area is 111 Å². The van der Waals surface area contributed by atoms with Gasteiger partial charge >= 0.3 is 0 Å². The fourth-order valence-corrected chi connectivity index (χ4v) is 3.10. The van der Waals surface area contributed by atoms with Gasteiger partial charge in [-0.05, 0) is 37.3 Å². The number of benzene rings is 1. The Hall–Kier alpha value is -0.860. The third-order valence-corrected chi connectivity index (χ3v) is 4.14. The normalized spacial score (nSPS) is 25.7. The summed E-state index contributed by atoms with van der Waals surface area (Å²) in [5.74, 6) is 1.45. The highest BCUT2D eigenvalue weighted by molar-refractivity contribution is 5.27. The summed E-state index contributed by atoms with van der Waals surface area (Å²) >= 11 is 0. The van der Waals surface area contributed by atoms with Crippen LogP contribution in [0.2, 0.25) is 0 Å². The second kappa shape index (κ2) is 6.35. The standard InChI is InChI=1S/C16H25NO/c1-4-8-15(18-3)16(17-2)14-11-13(14)12-9-6-5-7-10-12/h5-7,9-10,13-17H,4,8,11H2,1-3H3. The highest BCUT2D eigenvalue weighted by Gasteiger charge is 2.45. The number of ether oxygens (including phenoxy) is 1. The van der Waals surface area contributed by atoms with Gasteiger partial charge in [-0.15, -0.1) is 0 Å². The topological polar surface area (TPSA) is 21.3 Å². The average Bonchev–Trinajstić information content (AvgIpc) is 3.20. The molecule has 1 aliphatic carbocycles. The molecule has 2 rings (SSSR count). The Bertz CT molecular complexity index is 351. The third-order valence-electron chi connectivity index (χ3n) is 4.14. The Morgan fingerprint density at radius 1 is 1.33 bits per heavy atom. The van der Waals surface area contributed by atoms with Crippen molar-refractivity contribution in [3.05, 3.63) is 35.9 Å². The van der Waals surface area contributed by atoms with Crippen molar-refractivity contribution in [2.24, 2.45) is 5.92 Å². The van der Waals surface area contributed by atoms with Gasteiger partial charge in [0.1, 0.15) is 0 Å². The molecule has 4 unspecified atom stereocenters. The monoisotopic (exact) mass is 247 g/mol. The maximum Gasteiger partial charge on any atom is 0.0727 e. The van der Waals surface area contributed by atoms with E-state index in [1.54, 1.807) is 0 Å². The van der Waals surface area contributed by atoms with Gasteiger partial charge in [0.15, 0.2) is 0 Å². The number of likely N-dealkylation sites (N-methyl/N-ethyl adjacent to an activating group) is 1. The van der Waals surface area contributed by atoms with Crippen molar-refractivity contribution >= 4 is 0 Å². The Morgan fingerprint density at radius 3 is 2.61 bits per heavy atom. The molecule has 0 radical (unpaired) electrons. The molecule has 1 aromatic carbocycles. The molecule has 2 heteroatoms. The minimum atomic E-state index is 0.346. The molecular weight excluding hydrogens is 222 g/mol. The molecule has 1 aliphatic rings. The summed E-state index contributed by atoms with van der Waals surface area (Å²) in [4.78, 5) is 0. The summed E-state index contributed by atoms with van der Waals surface area (Å²) in [7, 11) is 3.90. The van der Waals surface area contributed by atoms with Gasteiger partial charge in [0.25, 0.3) is 0 Å². The fourth-order valence-electron chi connectivity index (χ4n) is 3.10. The van der Waals surface area contributed by atoms with Crippen molar-refractivity contribution in [2.75, 3.05) is 14.2 Å². The van der Waals surface area contributed by atoms with Crippen molar-refractivity contribution in [1.82, 2.24) is 5.32 Å². The summed E-state index contributed by atoms with van der Waals surface area (Å²) in [5, 5.41) is 3.47. The molecule has 0 aliphatic heterocycles. The predicted molar refractivity (Wildman–Crippen MR) is 75.8 cm³/mol. The van der Waals surface area contributed by atoms with E-state index in [0.717, 1.165) is 18.3 Å². The first-order valence-corrected chi connectivity index (χ1v) is 7.06. The van der Waals surface area contributed by atoms with Crippen molar-refractivity contribution < 1.29 is 4.74 Å². The van der Waals surface area contributed by atoms with Gasteiger partial charge in [0.05, 0.1) is 6.10 Å². The highest BCUT2D eigenvalue weighted by atomic mass is 16.5. The van der Waals surface area contributed by atoms with Crippen LogP contribution in [0, 0.1) is 5.92 Å². The van der Waals surface area contributed by atoms with Crippen LogP contribution in [0.1, 0.15) is 37.7 Å². The van der Waals surface area contributed by atoms with Crippen LogP contribution in [0.5, 0.6) is 0 Å². The molecule has 1 aromatic rings. The summed E-state index contributed by atoms with van der Waals surface area (Å²) in [6, 6.07) is 11.3. The van der Waals surface area contributed by atoms with Crippen LogP contribution in [0.15, 0.2) is 30.3 Å². The number of methoxy groups -OCH3 is 1. The summed E-state index contributed by atoms with van der Waals surface area (Å²) in [6.07, 6.45) is 3.96. The van der Waals surface area contributed by atoms with E-state index in [1.165, 1.54) is 18.4 Å². The minimum Gasteiger partial charge on any atom is -0.380 e. The second-order valence-corrected chi connectivity index (χ2v) is 5.29. The van der Waals surface area contributed by atoms with Crippen molar-refractivity contribution in [1.29, 1.82) is 0 Å². The van der Waals surface area contributed by atoms with Gasteiger partial charge in [-0.25, -0.2) is 0 Å². The van der Waals surface area contributed by atoms with E-state index in [1.807, 2.05) is 7.11 Å². The Morgan fingerprint density at radius 2 is 2.06 bits per heavy atom. The number of rotatable bonds is 7. The lowest BCUT2D eigenvalue weighted by atomic mass is 9.98. The van der Waals surface area contributed by atoms with Crippen LogP contribution in [0.3, 0.4) is 0 Å². The Balaban J connectivity index is 1.99. The van der Waals surface area contributed by atoms with Gasteiger partial charge in [-0.2, -0.15) is 0 Å². The van der Waals surface area contributed by atoms with Crippen molar-refractivity contribution in [2.45, 2.75) is 44.2 Å². The third kappa shape index (κ3) is 2.93. The van der Waals surface area contributed by atoms with E-state index >= 15 is 0 Å². The lowest BCUT2D eigenvalue weighted by molar-refractivity contribution is 0.0557. The first-order valence-electron chi connectivity index (χ1n) is 7.06. The van der Waals surface area contributed by atoms with Crippen molar-refractivity contribution in [3.63, 3.8) is 0 Å². The summed E-state index contributed by atoms with van der Waals surface area (Å²) in [5.41, 5.74) is 1.48. The largest absolute Gasteiger partial charge is 0.380 e. The van der Waals surface area contributed by atoms with Crippen LogP contribution >= 0.6 is 0 Å². The quantitative estimate of drug-likeness (QED) is 0.799. The van der Waals surface area contributed by atoms with Crippen molar-refractivity contribution in [3.8, 4) is 0 Å². The predicted octanol–water partition coefficient (Wildman–Crippen LogP) is 3.19. The lowest BCUT2D eigenvalue weighted by Crippen LogP contribution is -2.41.